The summed E-state index contributed by atoms with van der Waals surface area (Å²) in [4.78, 5) is 37.8. The van der Waals surface area contributed by atoms with Crippen molar-refractivity contribution in [1.82, 2.24) is 19.5 Å². The van der Waals surface area contributed by atoms with Crippen molar-refractivity contribution >= 4 is 23.1 Å². The van der Waals surface area contributed by atoms with Crippen LogP contribution in [0.1, 0.15) is 20.7 Å². The van der Waals surface area contributed by atoms with Crippen LogP contribution in [0.15, 0.2) is 41.3 Å². The lowest BCUT2D eigenvalue weighted by Gasteiger charge is -2.14. The van der Waals surface area contributed by atoms with Crippen LogP contribution in [0.2, 0.25) is 0 Å². The number of carbonyl (C=O) groups excluding carboxylic acids is 2. The molecule has 3 aromatic rings. The van der Waals surface area contributed by atoms with E-state index < -0.39 is 11.6 Å². The van der Waals surface area contributed by atoms with Crippen LogP contribution in [0.5, 0.6) is 5.75 Å². The average Bonchev–Trinajstić information content (AvgIpc) is 3.02. The summed E-state index contributed by atoms with van der Waals surface area (Å²) in [6.45, 7) is 0. The van der Waals surface area contributed by atoms with E-state index in [9.17, 15) is 14.4 Å². The van der Waals surface area contributed by atoms with Gasteiger partial charge in [0.05, 0.1) is 18.4 Å². The Morgan fingerprint density at radius 2 is 2.04 bits per heavy atom. The van der Waals surface area contributed by atoms with Crippen LogP contribution in [0.4, 0.5) is 5.69 Å². The molecule has 0 aliphatic heterocycles. The molecule has 0 aliphatic carbocycles. The Morgan fingerprint density at radius 1 is 1.27 bits per heavy atom. The Balaban J connectivity index is 1.94. The molecule has 2 N–H and O–H groups in total. The van der Waals surface area contributed by atoms with E-state index in [0.29, 0.717) is 17.0 Å². The second-order valence-electron chi connectivity index (χ2n) is 5.71. The minimum Gasteiger partial charge on any atom is -0.495 e. The highest BCUT2D eigenvalue weighted by atomic mass is 16.5. The van der Waals surface area contributed by atoms with E-state index in [1.54, 1.807) is 44.4 Å². The van der Waals surface area contributed by atoms with Crippen LogP contribution in [0.3, 0.4) is 0 Å². The van der Waals surface area contributed by atoms with Gasteiger partial charge in [-0.1, -0.05) is 0 Å². The van der Waals surface area contributed by atoms with Gasteiger partial charge in [0.1, 0.15) is 5.75 Å². The van der Waals surface area contributed by atoms with Gasteiger partial charge in [-0.15, -0.1) is 0 Å². The number of anilines is 1. The van der Waals surface area contributed by atoms with Crippen LogP contribution in [-0.4, -0.2) is 52.5 Å². The van der Waals surface area contributed by atoms with Gasteiger partial charge in [-0.25, -0.2) is 14.3 Å². The molecule has 0 fully saturated rings. The number of aromatic nitrogens is 3. The smallest absolute Gasteiger partial charge is 0.347 e. The summed E-state index contributed by atoms with van der Waals surface area (Å²) in [6, 6.07) is 7.87. The largest absolute Gasteiger partial charge is 0.495 e. The minimum atomic E-state index is -0.459. The lowest BCUT2D eigenvalue weighted by molar-refractivity contribution is 0.0827. The molecular weight excluding hydrogens is 338 g/mol. The Bertz CT molecular complexity index is 1050. The maximum atomic E-state index is 12.6. The summed E-state index contributed by atoms with van der Waals surface area (Å²) in [5.41, 5.74) is 0.840. The molecule has 0 bridgehead atoms. The van der Waals surface area contributed by atoms with Gasteiger partial charge in [-0.05, 0) is 30.3 Å². The summed E-state index contributed by atoms with van der Waals surface area (Å²) < 4.78 is 6.52. The molecule has 9 heteroatoms. The highest BCUT2D eigenvalue weighted by Crippen LogP contribution is 2.26. The van der Waals surface area contributed by atoms with Gasteiger partial charge in [0.25, 0.3) is 11.8 Å². The lowest BCUT2D eigenvalue weighted by Crippen LogP contribution is -2.22. The fourth-order valence-electron chi connectivity index (χ4n) is 2.49. The first kappa shape index (κ1) is 17.2. The zero-order chi connectivity index (χ0) is 18.8. The zero-order valence-corrected chi connectivity index (χ0v) is 14.4. The van der Waals surface area contributed by atoms with Crippen molar-refractivity contribution in [1.29, 1.82) is 0 Å². The van der Waals surface area contributed by atoms with E-state index in [1.807, 2.05) is 0 Å². The number of ether oxygens (including phenoxy) is 1. The van der Waals surface area contributed by atoms with E-state index >= 15 is 0 Å². The molecule has 2 amide bonds. The number of carbonyl (C=O) groups is 2. The van der Waals surface area contributed by atoms with Crippen LogP contribution in [-0.2, 0) is 0 Å². The average molecular weight is 355 g/mol. The lowest BCUT2D eigenvalue weighted by atomic mass is 10.1. The molecule has 26 heavy (non-hydrogen) atoms. The van der Waals surface area contributed by atoms with Gasteiger partial charge in [0, 0.05) is 25.9 Å². The third kappa shape index (κ3) is 3.02. The molecular formula is C17H17N5O4. The number of rotatable bonds is 4. The molecule has 0 spiro atoms. The monoisotopic (exact) mass is 355 g/mol. The van der Waals surface area contributed by atoms with Crippen molar-refractivity contribution < 1.29 is 14.3 Å². The minimum absolute atomic E-state index is 0.179. The Kier molecular flexibility index (Phi) is 4.44. The molecule has 0 saturated carbocycles. The van der Waals surface area contributed by atoms with Crippen LogP contribution in [0.25, 0.3) is 5.65 Å². The van der Waals surface area contributed by atoms with Crippen molar-refractivity contribution in [2.24, 2.45) is 0 Å². The SMILES string of the molecule is COc1cc(C(=O)N(C)C)ccc1NC(=O)c1cccn2c(=O)[nH]nc12. The maximum absolute atomic E-state index is 12.6. The first-order chi connectivity index (χ1) is 12.4. The molecule has 9 nitrogen and oxygen atoms in total. The molecule has 0 saturated heterocycles. The molecule has 0 atom stereocenters. The molecule has 0 aliphatic rings. The summed E-state index contributed by atoms with van der Waals surface area (Å²) in [5.74, 6) is -0.293. The Labute approximate surface area is 148 Å². The maximum Gasteiger partial charge on any atom is 0.347 e. The Hall–Kier alpha value is -3.62. The van der Waals surface area contributed by atoms with E-state index in [-0.39, 0.29) is 17.1 Å². The number of aromatic amines is 1. The number of pyridine rings is 1. The standard InChI is InChI=1S/C17H17N5O4/c1-21(2)16(24)10-6-7-12(13(9-10)26-3)18-15(23)11-5-4-8-22-14(11)19-20-17(22)25/h4-9H,1-3H3,(H,18,23)(H,20,25). The van der Waals surface area contributed by atoms with Crippen molar-refractivity contribution in [2.45, 2.75) is 0 Å². The van der Waals surface area contributed by atoms with E-state index in [4.69, 9.17) is 4.74 Å². The predicted molar refractivity (Wildman–Crippen MR) is 94.8 cm³/mol. The highest BCUT2D eigenvalue weighted by molar-refractivity contribution is 6.09. The van der Waals surface area contributed by atoms with Crippen molar-refractivity contribution in [3.05, 3.63) is 58.1 Å². The number of hydrogen-bond acceptors (Lipinski definition) is 5. The number of hydrogen-bond donors (Lipinski definition) is 2. The number of methoxy groups -OCH3 is 1. The summed E-state index contributed by atoms with van der Waals surface area (Å²) in [7, 11) is 4.75. The first-order valence-electron chi connectivity index (χ1n) is 7.69. The first-order valence-corrected chi connectivity index (χ1v) is 7.69. The Morgan fingerprint density at radius 3 is 2.73 bits per heavy atom. The third-order valence-electron chi connectivity index (χ3n) is 3.79. The van der Waals surface area contributed by atoms with Crippen LogP contribution < -0.4 is 15.7 Å². The molecule has 2 heterocycles. The number of nitrogens with zero attached hydrogens (tertiary/aromatic N) is 3. The summed E-state index contributed by atoms with van der Waals surface area (Å²) >= 11 is 0. The number of H-pyrrole nitrogens is 1. The molecule has 0 radical (unpaired) electrons. The molecule has 1 aromatic carbocycles. The van der Waals surface area contributed by atoms with Gasteiger partial charge < -0.3 is 15.0 Å². The summed E-state index contributed by atoms with van der Waals surface area (Å²) in [5, 5.41) is 8.88. The van der Waals surface area contributed by atoms with Gasteiger partial charge in [0.2, 0.25) is 0 Å². The fraction of sp³-hybridized carbons (Fsp3) is 0.176. The fourth-order valence-corrected chi connectivity index (χ4v) is 2.49. The second kappa shape index (κ2) is 6.71. The number of amides is 2. The van der Waals surface area contributed by atoms with E-state index in [2.05, 4.69) is 15.5 Å². The third-order valence-corrected chi connectivity index (χ3v) is 3.79. The van der Waals surface area contributed by atoms with Crippen LogP contribution >= 0.6 is 0 Å². The van der Waals surface area contributed by atoms with Crippen LogP contribution in [0, 0.1) is 0 Å². The zero-order valence-electron chi connectivity index (χ0n) is 14.4. The highest BCUT2D eigenvalue weighted by Gasteiger charge is 2.17. The van der Waals surface area contributed by atoms with Gasteiger partial charge in [-0.2, -0.15) is 5.10 Å². The van der Waals surface area contributed by atoms with Gasteiger partial charge in [-0.3, -0.25) is 9.59 Å². The predicted octanol–water partition coefficient (Wildman–Crippen LogP) is 0.985. The van der Waals surface area contributed by atoms with Crippen molar-refractivity contribution in [3.63, 3.8) is 0 Å². The second-order valence-corrected chi connectivity index (χ2v) is 5.71. The van der Waals surface area contributed by atoms with Crippen molar-refractivity contribution in [2.75, 3.05) is 26.5 Å². The van der Waals surface area contributed by atoms with E-state index in [0.717, 1.165) is 0 Å². The van der Waals surface area contributed by atoms with Crippen molar-refractivity contribution in [3.8, 4) is 5.75 Å². The van der Waals surface area contributed by atoms with E-state index in [1.165, 1.54) is 22.6 Å². The van der Waals surface area contributed by atoms with Gasteiger partial charge in [0.15, 0.2) is 5.65 Å². The molecule has 134 valence electrons. The topological polar surface area (TPSA) is 109 Å². The molecule has 2 aromatic heterocycles. The molecule has 3 rings (SSSR count). The number of nitrogens with one attached hydrogen (secondary N) is 2. The quantitative estimate of drug-likeness (QED) is 0.725. The molecule has 0 unspecified atom stereocenters. The van der Waals surface area contributed by atoms with Gasteiger partial charge >= 0.3 is 5.69 Å². The summed E-state index contributed by atoms with van der Waals surface area (Å²) in [6.07, 6.45) is 1.51. The number of fused-ring (bicyclic) bond motifs is 1. The number of benzene rings is 1. The normalized spacial score (nSPS) is 10.6.